The summed E-state index contributed by atoms with van der Waals surface area (Å²) in [5.74, 6) is 1.63. The first-order valence-electron chi connectivity index (χ1n) is 9.56. The third-order valence-electron chi connectivity index (χ3n) is 5.52. The Morgan fingerprint density at radius 1 is 1.03 bits per heavy atom. The van der Waals surface area contributed by atoms with Gasteiger partial charge < -0.3 is 10.1 Å². The van der Waals surface area contributed by atoms with Crippen LogP contribution in [-0.2, 0) is 0 Å². The zero-order chi connectivity index (χ0) is 19.4. The molecule has 4 heterocycles. The van der Waals surface area contributed by atoms with Gasteiger partial charge in [-0.1, -0.05) is 48.0 Å². The van der Waals surface area contributed by atoms with Gasteiger partial charge in [-0.05, 0) is 36.1 Å². The number of nitrogens with zero attached hydrogens (tertiary/aromatic N) is 3. The molecule has 6 heteroatoms. The van der Waals surface area contributed by atoms with Crippen molar-refractivity contribution in [2.24, 2.45) is 0 Å². The molecule has 0 bridgehead atoms. The van der Waals surface area contributed by atoms with Crippen molar-refractivity contribution >= 4 is 23.0 Å². The van der Waals surface area contributed by atoms with Crippen LogP contribution in [0.15, 0.2) is 77.9 Å². The van der Waals surface area contributed by atoms with Crippen LogP contribution in [0.4, 0.5) is 5.95 Å². The molecule has 2 aliphatic heterocycles. The molecule has 0 spiro atoms. The SMILES string of the molecule is Cc1ccc([C@@H]2C3=C(Nc4ncnn42)c2ccccc2O[C@@H]3c2cccs2)cc1. The van der Waals surface area contributed by atoms with Crippen molar-refractivity contribution in [3.8, 4) is 5.75 Å². The van der Waals surface area contributed by atoms with Gasteiger partial charge in [-0.25, -0.2) is 4.68 Å². The maximum Gasteiger partial charge on any atom is 0.226 e. The number of aromatic nitrogens is 3. The Hall–Kier alpha value is -3.38. The highest BCUT2D eigenvalue weighted by Gasteiger charge is 2.41. The summed E-state index contributed by atoms with van der Waals surface area (Å²) in [7, 11) is 0. The lowest BCUT2D eigenvalue weighted by molar-refractivity contribution is 0.226. The summed E-state index contributed by atoms with van der Waals surface area (Å²) < 4.78 is 8.52. The van der Waals surface area contributed by atoms with Crippen LogP contribution in [0, 0.1) is 6.92 Å². The van der Waals surface area contributed by atoms with Crippen LogP contribution in [0.2, 0.25) is 0 Å². The molecule has 0 radical (unpaired) electrons. The largest absolute Gasteiger partial charge is 0.480 e. The molecule has 0 fully saturated rings. The van der Waals surface area contributed by atoms with Crippen molar-refractivity contribution in [2.75, 3.05) is 5.32 Å². The van der Waals surface area contributed by atoms with Gasteiger partial charge in [0.2, 0.25) is 5.95 Å². The molecule has 142 valence electrons. The standard InChI is InChI=1S/C23H18N4OS/c1-14-8-10-15(11-9-14)21-19-20(26-23-24-13-25-27(21)23)16-5-2-3-6-17(16)28-22(19)18-7-4-12-29-18/h2-13,21-22H,1H3,(H,24,25,26)/t21-,22-/m1/s1. The van der Waals surface area contributed by atoms with E-state index in [0.717, 1.165) is 28.5 Å². The van der Waals surface area contributed by atoms with E-state index >= 15 is 0 Å². The minimum Gasteiger partial charge on any atom is -0.480 e. The Bertz CT molecular complexity index is 1220. The molecule has 2 aromatic carbocycles. The first-order chi connectivity index (χ1) is 14.3. The van der Waals surface area contributed by atoms with Crippen molar-refractivity contribution in [3.63, 3.8) is 0 Å². The smallest absolute Gasteiger partial charge is 0.226 e. The summed E-state index contributed by atoms with van der Waals surface area (Å²) in [6, 6.07) is 20.9. The van der Waals surface area contributed by atoms with E-state index < -0.39 is 0 Å². The maximum atomic E-state index is 6.56. The molecule has 6 rings (SSSR count). The Kier molecular flexibility index (Phi) is 3.61. The summed E-state index contributed by atoms with van der Waals surface area (Å²) in [6.07, 6.45) is 1.42. The average molecular weight is 398 g/mol. The van der Waals surface area contributed by atoms with Gasteiger partial charge in [-0.15, -0.1) is 11.3 Å². The molecule has 2 aromatic heterocycles. The highest BCUT2D eigenvalue weighted by atomic mass is 32.1. The van der Waals surface area contributed by atoms with Crippen molar-refractivity contribution in [2.45, 2.75) is 19.1 Å². The second kappa shape index (κ2) is 6.32. The van der Waals surface area contributed by atoms with Gasteiger partial charge >= 0.3 is 0 Å². The van der Waals surface area contributed by atoms with Crippen molar-refractivity contribution < 1.29 is 4.74 Å². The van der Waals surface area contributed by atoms with E-state index in [9.17, 15) is 0 Å². The van der Waals surface area contributed by atoms with E-state index in [0.29, 0.717) is 0 Å². The first-order valence-corrected chi connectivity index (χ1v) is 10.4. The van der Waals surface area contributed by atoms with E-state index in [2.05, 4.69) is 70.2 Å². The fourth-order valence-corrected chi connectivity index (χ4v) is 4.94. The molecule has 0 saturated heterocycles. The van der Waals surface area contributed by atoms with Crippen LogP contribution in [-0.4, -0.2) is 14.8 Å². The lowest BCUT2D eigenvalue weighted by atomic mass is 9.86. The summed E-state index contributed by atoms with van der Waals surface area (Å²) in [4.78, 5) is 5.65. The molecule has 29 heavy (non-hydrogen) atoms. The van der Waals surface area contributed by atoms with Gasteiger partial charge in [0.25, 0.3) is 0 Å². The number of fused-ring (bicyclic) bond motifs is 3. The van der Waals surface area contributed by atoms with Crippen LogP contribution in [0.5, 0.6) is 5.75 Å². The summed E-state index contributed by atoms with van der Waals surface area (Å²) in [5, 5.41) is 10.2. The van der Waals surface area contributed by atoms with E-state index in [-0.39, 0.29) is 12.1 Å². The van der Waals surface area contributed by atoms with Gasteiger partial charge in [0.05, 0.1) is 5.70 Å². The van der Waals surface area contributed by atoms with Crippen molar-refractivity contribution in [3.05, 3.63) is 99.5 Å². The van der Waals surface area contributed by atoms with Gasteiger partial charge in [0, 0.05) is 16.0 Å². The van der Waals surface area contributed by atoms with Crippen LogP contribution in [0.3, 0.4) is 0 Å². The number of para-hydroxylation sites is 1. The highest BCUT2D eigenvalue weighted by molar-refractivity contribution is 7.10. The van der Waals surface area contributed by atoms with E-state index in [4.69, 9.17) is 4.74 Å². The molecule has 2 atom stereocenters. The number of hydrogen-bond donors (Lipinski definition) is 1. The molecule has 1 N–H and O–H groups in total. The van der Waals surface area contributed by atoms with E-state index in [1.807, 2.05) is 22.9 Å². The molecule has 0 unspecified atom stereocenters. The molecule has 0 amide bonds. The Morgan fingerprint density at radius 3 is 2.72 bits per heavy atom. The van der Waals surface area contributed by atoms with Crippen LogP contribution < -0.4 is 10.1 Å². The number of thiophene rings is 1. The number of hydrogen-bond acceptors (Lipinski definition) is 5. The van der Waals surface area contributed by atoms with Gasteiger partial charge in [-0.2, -0.15) is 10.1 Å². The third-order valence-corrected chi connectivity index (χ3v) is 6.43. The minimum absolute atomic E-state index is 0.0928. The summed E-state index contributed by atoms with van der Waals surface area (Å²) in [5.41, 5.74) is 5.68. The second-order valence-corrected chi connectivity index (χ2v) is 8.29. The molecule has 0 aliphatic carbocycles. The topological polar surface area (TPSA) is 52.0 Å². The summed E-state index contributed by atoms with van der Waals surface area (Å²) in [6.45, 7) is 2.10. The normalized spacial score (nSPS) is 19.6. The molecular formula is C23H18N4OS. The Balaban J connectivity index is 1.64. The number of rotatable bonds is 2. The first kappa shape index (κ1) is 16.6. The molecule has 5 nitrogen and oxygen atoms in total. The van der Waals surface area contributed by atoms with Gasteiger partial charge in [0.15, 0.2) is 6.10 Å². The van der Waals surface area contributed by atoms with Gasteiger partial charge in [-0.3, -0.25) is 0 Å². The fraction of sp³-hybridized carbons (Fsp3) is 0.130. The fourth-order valence-electron chi connectivity index (χ4n) is 4.17. The monoisotopic (exact) mass is 398 g/mol. The van der Waals surface area contributed by atoms with Crippen LogP contribution in [0.1, 0.15) is 33.7 Å². The van der Waals surface area contributed by atoms with Gasteiger partial charge in [0.1, 0.15) is 18.1 Å². The number of nitrogens with one attached hydrogen (secondary N) is 1. The molecule has 2 aliphatic rings. The average Bonchev–Trinajstić information content (AvgIpc) is 3.44. The number of benzene rings is 2. The van der Waals surface area contributed by atoms with Crippen LogP contribution in [0.25, 0.3) is 5.70 Å². The predicted octanol–water partition coefficient (Wildman–Crippen LogP) is 5.21. The number of aryl methyl sites for hydroxylation is 1. The summed E-state index contributed by atoms with van der Waals surface area (Å²) >= 11 is 1.71. The highest BCUT2D eigenvalue weighted by Crippen LogP contribution is 2.51. The predicted molar refractivity (Wildman–Crippen MR) is 114 cm³/mol. The lowest BCUT2D eigenvalue weighted by Gasteiger charge is -2.38. The zero-order valence-corrected chi connectivity index (χ0v) is 16.6. The Labute approximate surface area is 172 Å². The van der Waals surface area contributed by atoms with E-state index in [1.165, 1.54) is 16.0 Å². The molecular weight excluding hydrogens is 380 g/mol. The van der Waals surface area contributed by atoms with Crippen LogP contribution >= 0.6 is 11.3 Å². The third kappa shape index (κ3) is 2.53. The number of anilines is 1. The zero-order valence-electron chi connectivity index (χ0n) is 15.7. The van der Waals surface area contributed by atoms with Crippen molar-refractivity contribution in [1.29, 1.82) is 0 Å². The van der Waals surface area contributed by atoms with Crippen molar-refractivity contribution in [1.82, 2.24) is 14.8 Å². The quantitative estimate of drug-likeness (QED) is 0.504. The maximum absolute atomic E-state index is 6.56. The number of ether oxygens (including phenoxy) is 1. The molecule has 0 saturated carbocycles. The Morgan fingerprint density at radius 2 is 1.90 bits per heavy atom. The lowest BCUT2D eigenvalue weighted by Crippen LogP contribution is -2.32. The minimum atomic E-state index is -0.184. The van der Waals surface area contributed by atoms with E-state index in [1.54, 1.807) is 17.7 Å². The second-order valence-electron chi connectivity index (χ2n) is 7.31. The molecule has 4 aromatic rings.